The third-order valence-corrected chi connectivity index (χ3v) is 1.39. The molecule has 0 radical (unpaired) electrons. The standard InChI is InChI=1S/C11H19NO5/c1-11(2,3)17-10(15)12-8-9(14)16-7-5-4-6-13/h4-5,13H,6-8H2,1-3H3,(H,12,15)/b5-4-. The summed E-state index contributed by atoms with van der Waals surface area (Å²) in [6.07, 6.45) is 2.29. The summed E-state index contributed by atoms with van der Waals surface area (Å²) in [5.74, 6) is -0.571. The Morgan fingerprint density at radius 1 is 1.29 bits per heavy atom. The molecule has 17 heavy (non-hydrogen) atoms. The second-order valence-corrected chi connectivity index (χ2v) is 4.19. The van der Waals surface area contributed by atoms with Crippen LogP contribution in [0.5, 0.6) is 0 Å². The monoisotopic (exact) mass is 245 g/mol. The van der Waals surface area contributed by atoms with Crippen molar-refractivity contribution in [1.29, 1.82) is 0 Å². The molecule has 0 aliphatic carbocycles. The molecule has 0 spiro atoms. The van der Waals surface area contributed by atoms with E-state index in [0.29, 0.717) is 0 Å². The first-order chi connectivity index (χ1) is 7.85. The number of amides is 1. The highest BCUT2D eigenvalue weighted by Crippen LogP contribution is 2.06. The van der Waals surface area contributed by atoms with E-state index in [4.69, 9.17) is 14.6 Å². The average molecular weight is 245 g/mol. The van der Waals surface area contributed by atoms with E-state index in [-0.39, 0.29) is 19.8 Å². The van der Waals surface area contributed by atoms with Gasteiger partial charge in [-0.15, -0.1) is 0 Å². The topological polar surface area (TPSA) is 84.9 Å². The molecule has 0 heterocycles. The van der Waals surface area contributed by atoms with Gasteiger partial charge in [-0.25, -0.2) is 4.79 Å². The quantitative estimate of drug-likeness (QED) is 0.547. The van der Waals surface area contributed by atoms with E-state index in [9.17, 15) is 9.59 Å². The number of alkyl carbamates (subject to hydrolysis) is 1. The van der Waals surface area contributed by atoms with Crippen LogP contribution in [0, 0.1) is 0 Å². The molecule has 0 bridgehead atoms. The van der Waals surface area contributed by atoms with Gasteiger partial charge in [-0.2, -0.15) is 0 Å². The van der Waals surface area contributed by atoms with Crippen molar-refractivity contribution in [3.05, 3.63) is 12.2 Å². The van der Waals surface area contributed by atoms with Gasteiger partial charge in [0.1, 0.15) is 18.8 Å². The summed E-state index contributed by atoms with van der Waals surface area (Å²) >= 11 is 0. The van der Waals surface area contributed by atoms with E-state index in [2.05, 4.69) is 5.32 Å². The molecule has 98 valence electrons. The summed E-state index contributed by atoms with van der Waals surface area (Å²) in [7, 11) is 0. The second kappa shape index (κ2) is 7.67. The normalized spacial score (nSPS) is 11.3. The van der Waals surface area contributed by atoms with E-state index < -0.39 is 17.7 Å². The van der Waals surface area contributed by atoms with Crippen molar-refractivity contribution >= 4 is 12.1 Å². The molecule has 0 aliphatic heterocycles. The molecule has 0 aromatic heterocycles. The molecule has 0 aliphatic rings. The molecular weight excluding hydrogens is 226 g/mol. The minimum atomic E-state index is -0.666. The zero-order valence-corrected chi connectivity index (χ0v) is 10.4. The van der Waals surface area contributed by atoms with Crippen LogP contribution in [0.3, 0.4) is 0 Å². The van der Waals surface area contributed by atoms with Crippen molar-refractivity contribution in [1.82, 2.24) is 5.32 Å². The number of hydrogen-bond donors (Lipinski definition) is 2. The highest BCUT2D eigenvalue weighted by molar-refractivity contribution is 5.78. The number of aliphatic hydroxyl groups is 1. The number of ether oxygens (including phenoxy) is 2. The molecular formula is C11H19NO5. The van der Waals surface area contributed by atoms with Crippen LogP contribution >= 0.6 is 0 Å². The van der Waals surface area contributed by atoms with Crippen LogP contribution in [0.1, 0.15) is 20.8 Å². The minimum Gasteiger partial charge on any atom is -0.460 e. The second-order valence-electron chi connectivity index (χ2n) is 4.19. The van der Waals surface area contributed by atoms with Gasteiger partial charge in [0.2, 0.25) is 0 Å². The Bertz CT molecular complexity index is 280. The van der Waals surface area contributed by atoms with Crippen molar-refractivity contribution in [2.75, 3.05) is 19.8 Å². The molecule has 6 heteroatoms. The van der Waals surface area contributed by atoms with Crippen molar-refractivity contribution in [3.8, 4) is 0 Å². The molecule has 0 unspecified atom stereocenters. The summed E-state index contributed by atoms with van der Waals surface area (Å²) in [6, 6.07) is 0. The van der Waals surface area contributed by atoms with Crippen molar-refractivity contribution in [3.63, 3.8) is 0 Å². The molecule has 0 fully saturated rings. The average Bonchev–Trinajstić information content (AvgIpc) is 2.19. The third-order valence-electron chi connectivity index (χ3n) is 1.39. The number of esters is 1. The fourth-order valence-electron chi connectivity index (χ4n) is 0.793. The summed E-state index contributed by atoms with van der Waals surface area (Å²) in [4.78, 5) is 22.2. The smallest absolute Gasteiger partial charge is 0.408 e. The van der Waals surface area contributed by atoms with Crippen LogP contribution in [0.4, 0.5) is 4.79 Å². The van der Waals surface area contributed by atoms with Crippen molar-refractivity contribution in [2.24, 2.45) is 0 Å². The molecule has 6 nitrogen and oxygen atoms in total. The van der Waals surface area contributed by atoms with Gasteiger partial charge in [-0.3, -0.25) is 4.79 Å². The van der Waals surface area contributed by atoms with E-state index in [1.165, 1.54) is 12.2 Å². The first-order valence-corrected chi connectivity index (χ1v) is 5.23. The van der Waals surface area contributed by atoms with Gasteiger partial charge < -0.3 is 19.9 Å². The fourth-order valence-corrected chi connectivity index (χ4v) is 0.793. The first kappa shape index (κ1) is 15.4. The number of rotatable bonds is 5. The Hall–Kier alpha value is -1.56. The van der Waals surface area contributed by atoms with Crippen LogP contribution in [0.2, 0.25) is 0 Å². The van der Waals surface area contributed by atoms with Gasteiger partial charge in [-0.1, -0.05) is 6.08 Å². The van der Waals surface area contributed by atoms with Gasteiger partial charge in [0, 0.05) is 0 Å². The summed E-state index contributed by atoms with van der Waals surface area (Å²) < 4.78 is 9.64. The molecule has 0 rings (SSSR count). The number of carbonyl (C=O) groups excluding carboxylic acids is 2. The Morgan fingerprint density at radius 2 is 1.94 bits per heavy atom. The van der Waals surface area contributed by atoms with Gasteiger partial charge in [-0.05, 0) is 26.8 Å². The molecule has 0 saturated heterocycles. The fraction of sp³-hybridized carbons (Fsp3) is 0.636. The number of carbonyl (C=O) groups is 2. The Balaban J connectivity index is 3.70. The molecule has 0 atom stereocenters. The van der Waals surface area contributed by atoms with E-state index in [0.717, 1.165) is 0 Å². The molecule has 2 N–H and O–H groups in total. The maximum atomic E-state index is 11.2. The number of nitrogens with one attached hydrogen (secondary N) is 1. The van der Waals surface area contributed by atoms with Crippen molar-refractivity contribution < 1.29 is 24.2 Å². The van der Waals surface area contributed by atoms with Crippen LogP contribution in [-0.2, 0) is 14.3 Å². The Labute approximate surface area is 101 Å². The largest absolute Gasteiger partial charge is 0.460 e. The van der Waals surface area contributed by atoms with Gasteiger partial charge in [0.05, 0.1) is 6.61 Å². The van der Waals surface area contributed by atoms with Crippen LogP contribution < -0.4 is 5.32 Å². The van der Waals surface area contributed by atoms with Gasteiger partial charge in [0.15, 0.2) is 0 Å². The maximum absolute atomic E-state index is 11.2. The van der Waals surface area contributed by atoms with E-state index in [1.807, 2.05) is 0 Å². The molecule has 0 aromatic rings. The molecule has 1 amide bonds. The lowest BCUT2D eigenvalue weighted by Crippen LogP contribution is -2.36. The summed E-state index contributed by atoms with van der Waals surface area (Å²) in [6.45, 7) is 4.89. The molecule has 0 saturated carbocycles. The highest BCUT2D eigenvalue weighted by Gasteiger charge is 2.16. The third kappa shape index (κ3) is 10.7. The first-order valence-electron chi connectivity index (χ1n) is 5.23. The lowest BCUT2D eigenvalue weighted by atomic mass is 10.2. The minimum absolute atomic E-state index is 0.0649. The summed E-state index contributed by atoms with van der Waals surface area (Å²) in [5.41, 5.74) is -0.599. The molecule has 0 aromatic carbocycles. The van der Waals surface area contributed by atoms with Gasteiger partial charge in [0.25, 0.3) is 0 Å². The lowest BCUT2D eigenvalue weighted by molar-refractivity contribution is -0.141. The van der Waals surface area contributed by atoms with Gasteiger partial charge >= 0.3 is 12.1 Å². The number of aliphatic hydroxyl groups excluding tert-OH is 1. The SMILES string of the molecule is CC(C)(C)OC(=O)NCC(=O)OC/C=C\CO. The Morgan fingerprint density at radius 3 is 2.47 bits per heavy atom. The van der Waals surface area contributed by atoms with Crippen LogP contribution in [-0.4, -0.2) is 42.5 Å². The predicted octanol–water partition coefficient (Wildman–Crippen LogP) is 0.603. The number of hydrogen-bond acceptors (Lipinski definition) is 5. The maximum Gasteiger partial charge on any atom is 0.408 e. The zero-order chi connectivity index (χ0) is 13.3. The van der Waals surface area contributed by atoms with Crippen LogP contribution in [0.25, 0.3) is 0 Å². The predicted molar refractivity (Wildman–Crippen MR) is 61.4 cm³/mol. The summed E-state index contributed by atoms with van der Waals surface area (Å²) in [5, 5.41) is 10.7. The highest BCUT2D eigenvalue weighted by atomic mass is 16.6. The van der Waals surface area contributed by atoms with E-state index >= 15 is 0 Å². The Kier molecular flexibility index (Phi) is 6.97. The van der Waals surface area contributed by atoms with Crippen LogP contribution in [0.15, 0.2) is 12.2 Å². The van der Waals surface area contributed by atoms with Crippen molar-refractivity contribution in [2.45, 2.75) is 26.4 Å². The zero-order valence-electron chi connectivity index (χ0n) is 10.4. The van der Waals surface area contributed by atoms with E-state index in [1.54, 1.807) is 20.8 Å². The lowest BCUT2D eigenvalue weighted by Gasteiger charge is -2.19.